The molecule has 6 nitrogen and oxygen atoms in total. The van der Waals surface area contributed by atoms with E-state index in [0.29, 0.717) is 19.6 Å². The number of aliphatic hydroxyl groups excluding tert-OH is 2. The molecule has 0 spiro atoms. The van der Waals surface area contributed by atoms with Crippen LogP contribution in [0.2, 0.25) is 0 Å². The number of aryl methyl sites for hydroxylation is 1. The SMILES string of the molecule is Cc1nnc(CN(CCO)CCO)n1C. The van der Waals surface area contributed by atoms with Crippen molar-refractivity contribution in [2.75, 3.05) is 26.3 Å². The van der Waals surface area contributed by atoms with Gasteiger partial charge in [0.1, 0.15) is 11.6 Å². The maximum Gasteiger partial charge on any atom is 0.146 e. The first-order valence-electron chi connectivity index (χ1n) is 4.98. The number of hydrogen-bond acceptors (Lipinski definition) is 5. The van der Waals surface area contributed by atoms with Crippen molar-refractivity contribution < 1.29 is 10.2 Å². The summed E-state index contributed by atoms with van der Waals surface area (Å²) in [6, 6.07) is 0. The number of aliphatic hydroxyl groups is 2. The van der Waals surface area contributed by atoms with Crippen LogP contribution in [-0.4, -0.2) is 56.2 Å². The third-order valence-electron chi connectivity index (χ3n) is 2.38. The molecular formula is C9H18N4O2. The molecule has 0 aromatic carbocycles. The molecule has 0 saturated carbocycles. The van der Waals surface area contributed by atoms with Crippen LogP contribution in [0.1, 0.15) is 11.6 Å². The average Bonchev–Trinajstić information content (AvgIpc) is 2.51. The summed E-state index contributed by atoms with van der Waals surface area (Å²) in [5.41, 5.74) is 0. The van der Waals surface area contributed by atoms with Gasteiger partial charge in [-0.1, -0.05) is 0 Å². The largest absolute Gasteiger partial charge is 0.395 e. The van der Waals surface area contributed by atoms with Crippen molar-refractivity contribution >= 4 is 0 Å². The van der Waals surface area contributed by atoms with Crippen LogP contribution in [0.5, 0.6) is 0 Å². The van der Waals surface area contributed by atoms with E-state index in [-0.39, 0.29) is 13.2 Å². The molecule has 0 unspecified atom stereocenters. The van der Waals surface area contributed by atoms with Gasteiger partial charge >= 0.3 is 0 Å². The summed E-state index contributed by atoms with van der Waals surface area (Å²) in [5, 5.41) is 25.7. The minimum Gasteiger partial charge on any atom is -0.395 e. The van der Waals surface area contributed by atoms with Gasteiger partial charge in [-0.15, -0.1) is 10.2 Å². The van der Waals surface area contributed by atoms with Crippen LogP contribution in [0.3, 0.4) is 0 Å². The smallest absolute Gasteiger partial charge is 0.146 e. The monoisotopic (exact) mass is 214 g/mol. The highest BCUT2D eigenvalue weighted by molar-refractivity contribution is 4.92. The molecule has 0 bridgehead atoms. The molecule has 1 rings (SSSR count). The summed E-state index contributed by atoms with van der Waals surface area (Å²) < 4.78 is 1.90. The molecule has 15 heavy (non-hydrogen) atoms. The Morgan fingerprint density at radius 1 is 1.20 bits per heavy atom. The zero-order valence-corrected chi connectivity index (χ0v) is 9.22. The van der Waals surface area contributed by atoms with E-state index in [0.717, 1.165) is 11.6 Å². The van der Waals surface area contributed by atoms with Crippen LogP contribution in [-0.2, 0) is 13.6 Å². The van der Waals surface area contributed by atoms with E-state index >= 15 is 0 Å². The second kappa shape index (κ2) is 5.79. The van der Waals surface area contributed by atoms with Gasteiger partial charge in [-0.05, 0) is 6.92 Å². The van der Waals surface area contributed by atoms with Gasteiger partial charge in [0.25, 0.3) is 0 Å². The Kier molecular flexibility index (Phi) is 4.67. The standard InChI is InChI=1S/C9H18N4O2/c1-8-10-11-9(12(8)2)7-13(3-5-14)4-6-15/h14-15H,3-7H2,1-2H3. The quantitative estimate of drug-likeness (QED) is 0.629. The van der Waals surface area contributed by atoms with Crippen molar-refractivity contribution in [2.45, 2.75) is 13.5 Å². The Morgan fingerprint density at radius 3 is 2.20 bits per heavy atom. The minimum absolute atomic E-state index is 0.0802. The molecule has 86 valence electrons. The summed E-state index contributed by atoms with van der Waals surface area (Å²) in [7, 11) is 1.90. The normalized spacial score (nSPS) is 11.3. The Balaban J connectivity index is 2.60. The molecule has 0 saturated heterocycles. The topological polar surface area (TPSA) is 74.4 Å². The molecular weight excluding hydrogens is 196 g/mol. The molecule has 1 aromatic heterocycles. The predicted molar refractivity (Wildman–Crippen MR) is 55.2 cm³/mol. The zero-order chi connectivity index (χ0) is 11.3. The van der Waals surface area contributed by atoms with Gasteiger partial charge in [-0.3, -0.25) is 4.90 Å². The van der Waals surface area contributed by atoms with Crippen molar-refractivity contribution in [3.8, 4) is 0 Å². The van der Waals surface area contributed by atoms with E-state index < -0.39 is 0 Å². The van der Waals surface area contributed by atoms with Gasteiger partial charge in [0.15, 0.2) is 0 Å². The highest BCUT2D eigenvalue weighted by Crippen LogP contribution is 2.02. The van der Waals surface area contributed by atoms with E-state index in [2.05, 4.69) is 10.2 Å². The van der Waals surface area contributed by atoms with Gasteiger partial charge in [0.05, 0.1) is 19.8 Å². The molecule has 0 atom stereocenters. The van der Waals surface area contributed by atoms with Gasteiger partial charge in [0, 0.05) is 20.1 Å². The van der Waals surface area contributed by atoms with E-state index in [1.54, 1.807) is 0 Å². The van der Waals surface area contributed by atoms with Gasteiger partial charge in [-0.25, -0.2) is 0 Å². The Morgan fingerprint density at radius 2 is 1.80 bits per heavy atom. The summed E-state index contributed by atoms with van der Waals surface area (Å²) in [5.74, 6) is 1.70. The molecule has 1 heterocycles. The lowest BCUT2D eigenvalue weighted by Crippen LogP contribution is -2.30. The molecule has 6 heteroatoms. The Bertz CT molecular complexity index is 294. The number of rotatable bonds is 6. The van der Waals surface area contributed by atoms with Crippen LogP contribution in [0.15, 0.2) is 0 Å². The fraction of sp³-hybridized carbons (Fsp3) is 0.778. The van der Waals surface area contributed by atoms with Crippen molar-refractivity contribution in [1.29, 1.82) is 0 Å². The summed E-state index contributed by atoms with van der Waals surface area (Å²) in [6.45, 7) is 3.71. The van der Waals surface area contributed by atoms with Gasteiger partial charge in [0.2, 0.25) is 0 Å². The van der Waals surface area contributed by atoms with Crippen LogP contribution >= 0.6 is 0 Å². The van der Waals surface area contributed by atoms with E-state index in [4.69, 9.17) is 10.2 Å². The second-order valence-electron chi connectivity index (χ2n) is 3.45. The summed E-state index contributed by atoms with van der Waals surface area (Å²) in [6.07, 6.45) is 0. The van der Waals surface area contributed by atoms with Crippen molar-refractivity contribution in [3.63, 3.8) is 0 Å². The van der Waals surface area contributed by atoms with Crippen LogP contribution in [0.25, 0.3) is 0 Å². The van der Waals surface area contributed by atoms with Crippen molar-refractivity contribution in [1.82, 2.24) is 19.7 Å². The third kappa shape index (κ3) is 3.26. The molecule has 0 aliphatic rings. The first-order valence-corrected chi connectivity index (χ1v) is 4.98. The predicted octanol–water partition coefficient (Wildman–Crippen LogP) is -1.09. The lowest BCUT2D eigenvalue weighted by Gasteiger charge is -2.19. The molecule has 0 aliphatic carbocycles. The zero-order valence-electron chi connectivity index (χ0n) is 9.22. The molecule has 0 amide bonds. The van der Waals surface area contributed by atoms with Crippen LogP contribution in [0.4, 0.5) is 0 Å². The fourth-order valence-electron chi connectivity index (χ4n) is 1.34. The minimum atomic E-state index is 0.0802. The first kappa shape index (κ1) is 12.1. The van der Waals surface area contributed by atoms with Gasteiger partial charge < -0.3 is 14.8 Å². The number of nitrogens with zero attached hydrogens (tertiary/aromatic N) is 4. The highest BCUT2D eigenvalue weighted by Gasteiger charge is 2.10. The second-order valence-corrected chi connectivity index (χ2v) is 3.45. The summed E-state index contributed by atoms with van der Waals surface area (Å²) in [4.78, 5) is 1.93. The van der Waals surface area contributed by atoms with E-state index in [1.807, 2.05) is 23.4 Å². The molecule has 1 aromatic rings. The van der Waals surface area contributed by atoms with Crippen molar-refractivity contribution in [2.24, 2.45) is 7.05 Å². The lowest BCUT2D eigenvalue weighted by atomic mass is 10.4. The van der Waals surface area contributed by atoms with Crippen LogP contribution in [0, 0.1) is 6.92 Å². The Hall–Kier alpha value is -0.980. The third-order valence-corrected chi connectivity index (χ3v) is 2.38. The maximum absolute atomic E-state index is 8.85. The molecule has 0 radical (unpaired) electrons. The average molecular weight is 214 g/mol. The molecule has 2 N–H and O–H groups in total. The van der Waals surface area contributed by atoms with Crippen molar-refractivity contribution in [3.05, 3.63) is 11.6 Å². The highest BCUT2D eigenvalue weighted by atomic mass is 16.3. The van der Waals surface area contributed by atoms with E-state index in [9.17, 15) is 0 Å². The fourth-order valence-corrected chi connectivity index (χ4v) is 1.34. The van der Waals surface area contributed by atoms with Crippen LogP contribution < -0.4 is 0 Å². The number of hydrogen-bond donors (Lipinski definition) is 2. The molecule has 0 fully saturated rings. The molecule has 0 aliphatic heterocycles. The Labute approximate surface area is 89.2 Å². The van der Waals surface area contributed by atoms with Gasteiger partial charge in [-0.2, -0.15) is 0 Å². The first-order chi connectivity index (χ1) is 7.19. The van der Waals surface area contributed by atoms with E-state index in [1.165, 1.54) is 0 Å². The maximum atomic E-state index is 8.85. The summed E-state index contributed by atoms with van der Waals surface area (Å²) >= 11 is 0. The lowest BCUT2D eigenvalue weighted by molar-refractivity contribution is 0.152. The number of aromatic nitrogens is 3.